The van der Waals surface area contributed by atoms with Gasteiger partial charge >= 0.3 is 0 Å². The van der Waals surface area contributed by atoms with Gasteiger partial charge in [-0.25, -0.2) is 0 Å². The molecule has 1 aromatic rings. The van der Waals surface area contributed by atoms with Crippen molar-refractivity contribution in [1.82, 2.24) is 4.90 Å². The Bertz CT molecular complexity index is 494. The van der Waals surface area contributed by atoms with Crippen molar-refractivity contribution in [2.45, 2.75) is 13.3 Å². The predicted molar refractivity (Wildman–Crippen MR) is 83.8 cm³/mol. The molecule has 0 saturated heterocycles. The van der Waals surface area contributed by atoms with Crippen molar-refractivity contribution >= 4 is 45.9 Å². The van der Waals surface area contributed by atoms with E-state index < -0.39 is 0 Å². The minimum atomic E-state index is -0.180. The van der Waals surface area contributed by atoms with E-state index in [1.807, 2.05) is 6.92 Å². The molecule has 104 valence electrons. The Morgan fingerprint density at radius 2 is 2.26 bits per heavy atom. The van der Waals surface area contributed by atoms with Crippen LogP contribution in [-0.2, 0) is 0 Å². The minimum Gasteiger partial charge on any atom is -0.409 e. The topological polar surface area (TPSA) is 78.9 Å². The largest absolute Gasteiger partial charge is 0.409 e. The van der Waals surface area contributed by atoms with E-state index in [-0.39, 0.29) is 18.3 Å². The molecule has 0 saturated carbocycles. The monoisotopic (exact) mass is 395 g/mol. The van der Waals surface area contributed by atoms with E-state index in [1.165, 1.54) is 4.90 Å². The van der Waals surface area contributed by atoms with Gasteiger partial charge in [-0.15, -0.1) is 0 Å². The van der Waals surface area contributed by atoms with Gasteiger partial charge in [-0.3, -0.25) is 4.79 Å². The lowest BCUT2D eigenvalue weighted by atomic mass is 10.2. The van der Waals surface area contributed by atoms with E-state index in [2.05, 4.69) is 27.7 Å². The number of benzene rings is 1. The molecule has 0 heterocycles. The third kappa shape index (κ3) is 4.54. The number of amides is 1. The fourth-order valence-electron chi connectivity index (χ4n) is 1.58. The molecule has 0 fully saturated rings. The van der Waals surface area contributed by atoms with Crippen molar-refractivity contribution in [3.05, 3.63) is 32.4 Å². The van der Waals surface area contributed by atoms with Crippen molar-refractivity contribution in [1.29, 1.82) is 0 Å². The maximum absolute atomic E-state index is 12.4. The van der Waals surface area contributed by atoms with Crippen LogP contribution in [0.4, 0.5) is 0 Å². The molecule has 1 rings (SSSR count). The van der Waals surface area contributed by atoms with Crippen LogP contribution in [0.15, 0.2) is 23.4 Å². The first kappa shape index (κ1) is 16.0. The molecule has 0 aliphatic rings. The number of hydrogen-bond donors (Lipinski definition) is 2. The second-order valence-electron chi connectivity index (χ2n) is 3.94. The van der Waals surface area contributed by atoms with Crippen LogP contribution >= 0.6 is 34.2 Å². The highest BCUT2D eigenvalue weighted by atomic mass is 127. The molecule has 1 amide bonds. The standard InChI is InChI=1S/C12H15ClIN3O2/c1-2-5-17(7-11(15)16-19)12(18)9-6-8(13)3-4-10(9)14/h3-4,6,19H,2,5,7H2,1H3,(H2,15,16). The second-order valence-corrected chi connectivity index (χ2v) is 5.54. The molecule has 0 aliphatic carbocycles. The van der Waals surface area contributed by atoms with Crippen LogP contribution in [0.25, 0.3) is 0 Å². The third-order valence-electron chi connectivity index (χ3n) is 2.42. The molecule has 7 heteroatoms. The van der Waals surface area contributed by atoms with Crippen LogP contribution in [-0.4, -0.2) is 34.9 Å². The van der Waals surface area contributed by atoms with E-state index in [0.29, 0.717) is 17.1 Å². The van der Waals surface area contributed by atoms with E-state index >= 15 is 0 Å². The van der Waals surface area contributed by atoms with Crippen molar-refractivity contribution in [3.63, 3.8) is 0 Å². The molecule has 3 N–H and O–H groups in total. The van der Waals surface area contributed by atoms with Gasteiger partial charge in [-0.2, -0.15) is 0 Å². The average molecular weight is 396 g/mol. The summed E-state index contributed by atoms with van der Waals surface area (Å²) in [4.78, 5) is 14.0. The Balaban J connectivity index is 3.01. The summed E-state index contributed by atoms with van der Waals surface area (Å²) in [7, 11) is 0. The van der Waals surface area contributed by atoms with Gasteiger partial charge in [0.25, 0.3) is 5.91 Å². The summed E-state index contributed by atoms with van der Waals surface area (Å²) in [6.45, 7) is 2.57. The van der Waals surface area contributed by atoms with Gasteiger partial charge in [-0.1, -0.05) is 23.7 Å². The van der Waals surface area contributed by atoms with E-state index in [9.17, 15) is 4.79 Å². The number of nitrogens with zero attached hydrogens (tertiary/aromatic N) is 2. The van der Waals surface area contributed by atoms with Crippen LogP contribution < -0.4 is 5.73 Å². The molecule has 0 spiro atoms. The minimum absolute atomic E-state index is 0.00108. The van der Waals surface area contributed by atoms with E-state index in [0.717, 1.165) is 9.99 Å². The first-order valence-corrected chi connectivity index (χ1v) is 7.16. The first-order chi connectivity index (χ1) is 8.99. The normalized spacial score (nSPS) is 11.4. The number of amidine groups is 1. The number of nitrogens with two attached hydrogens (primary N) is 1. The third-order valence-corrected chi connectivity index (χ3v) is 3.60. The van der Waals surface area contributed by atoms with Gasteiger partial charge in [0.2, 0.25) is 0 Å². The van der Waals surface area contributed by atoms with Crippen LogP contribution in [0.1, 0.15) is 23.7 Å². The summed E-state index contributed by atoms with van der Waals surface area (Å²) >= 11 is 7.99. The van der Waals surface area contributed by atoms with Crippen LogP contribution in [0.5, 0.6) is 0 Å². The molecule has 0 bridgehead atoms. The Morgan fingerprint density at radius 3 is 2.84 bits per heavy atom. The van der Waals surface area contributed by atoms with Gasteiger partial charge in [0.1, 0.15) is 0 Å². The molecule has 0 atom stereocenters. The van der Waals surface area contributed by atoms with Gasteiger partial charge in [0.05, 0.1) is 12.1 Å². The Kier molecular flexibility index (Phi) is 6.36. The lowest BCUT2D eigenvalue weighted by Gasteiger charge is -2.22. The van der Waals surface area contributed by atoms with Gasteiger partial charge in [0.15, 0.2) is 5.84 Å². The number of hydrogen-bond acceptors (Lipinski definition) is 3. The van der Waals surface area contributed by atoms with Crippen LogP contribution in [0.2, 0.25) is 5.02 Å². The highest BCUT2D eigenvalue weighted by Crippen LogP contribution is 2.19. The summed E-state index contributed by atoms with van der Waals surface area (Å²) in [5, 5.41) is 12.0. The van der Waals surface area contributed by atoms with E-state index in [1.54, 1.807) is 18.2 Å². The summed E-state index contributed by atoms with van der Waals surface area (Å²) in [5.41, 5.74) is 5.99. The van der Waals surface area contributed by atoms with Gasteiger partial charge in [0, 0.05) is 15.1 Å². The van der Waals surface area contributed by atoms with Crippen LogP contribution in [0.3, 0.4) is 0 Å². The highest BCUT2D eigenvalue weighted by molar-refractivity contribution is 14.1. The highest BCUT2D eigenvalue weighted by Gasteiger charge is 2.19. The fourth-order valence-corrected chi connectivity index (χ4v) is 2.32. The molecule has 0 unspecified atom stereocenters. The number of rotatable bonds is 5. The van der Waals surface area contributed by atoms with Crippen molar-refractivity contribution in [3.8, 4) is 0 Å². The molecule has 0 radical (unpaired) electrons. The predicted octanol–water partition coefficient (Wildman–Crippen LogP) is 2.54. The average Bonchev–Trinajstić information content (AvgIpc) is 2.40. The van der Waals surface area contributed by atoms with Crippen molar-refractivity contribution < 1.29 is 10.0 Å². The Labute approximate surface area is 130 Å². The first-order valence-electron chi connectivity index (χ1n) is 5.70. The van der Waals surface area contributed by atoms with E-state index in [4.69, 9.17) is 22.5 Å². The zero-order chi connectivity index (χ0) is 14.4. The molecule has 1 aromatic carbocycles. The Morgan fingerprint density at radius 1 is 1.58 bits per heavy atom. The summed E-state index contributed by atoms with van der Waals surface area (Å²) in [5.74, 6) is -0.181. The zero-order valence-corrected chi connectivity index (χ0v) is 13.3. The second kappa shape index (κ2) is 7.54. The molecule has 0 aliphatic heterocycles. The van der Waals surface area contributed by atoms with Crippen molar-refractivity contribution in [2.24, 2.45) is 10.9 Å². The maximum Gasteiger partial charge on any atom is 0.255 e. The number of oxime groups is 1. The maximum atomic E-state index is 12.4. The molecule has 5 nitrogen and oxygen atoms in total. The number of halogens is 2. The summed E-state index contributed by atoms with van der Waals surface area (Å²) in [6, 6.07) is 5.14. The lowest BCUT2D eigenvalue weighted by molar-refractivity contribution is 0.0777. The smallest absolute Gasteiger partial charge is 0.255 e. The summed E-state index contributed by atoms with van der Waals surface area (Å²) < 4.78 is 0.813. The quantitative estimate of drug-likeness (QED) is 0.264. The molecule has 0 aromatic heterocycles. The molecular weight excluding hydrogens is 381 g/mol. The Hall–Kier alpha value is -1.02. The van der Waals surface area contributed by atoms with Crippen molar-refractivity contribution in [2.75, 3.05) is 13.1 Å². The molecular formula is C12H15ClIN3O2. The molecule has 19 heavy (non-hydrogen) atoms. The van der Waals surface area contributed by atoms with Gasteiger partial charge in [-0.05, 0) is 47.2 Å². The summed E-state index contributed by atoms with van der Waals surface area (Å²) in [6.07, 6.45) is 0.779. The lowest BCUT2D eigenvalue weighted by Crippen LogP contribution is -2.39. The number of carbonyl (C=O) groups excluding carboxylic acids is 1. The van der Waals surface area contributed by atoms with Crippen LogP contribution in [0, 0.1) is 3.57 Å². The van der Waals surface area contributed by atoms with Gasteiger partial charge < -0.3 is 15.8 Å². The zero-order valence-electron chi connectivity index (χ0n) is 10.4. The SMILES string of the molecule is CCCN(C/C(N)=N/O)C(=O)c1cc(Cl)ccc1I. The fraction of sp³-hybridized carbons (Fsp3) is 0.333. The number of carbonyl (C=O) groups is 1.